The molecule has 0 radical (unpaired) electrons. The molecule has 2 aromatic rings. The molecule has 2 aliphatic rings. The van der Waals surface area contributed by atoms with E-state index >= 15 is 0 Å². The molecule has 0 spiro atoms. The van der Waals surface area contributed by atoms with Crippen LogP contribution in [-0.2, 0) is 16.0 Å². The Bertz CT molecular complexity index is 958. The lowest BCUT2D eigenvalue weighted by Crippen LogP contribution is -2.46. The highest BCUT2D eigenvalue weighted by Crippen LogP contribution is 2.43. The van der Waals surface area contributed by atoms with Crippen LogP contribution in [0.2, 0.25) is 5.02 Å². The largest absolute Gasteiger partial charge is 0.478 e. The summed E-state index contributed by atoms with van der Waals surface area (Å²) in [4.78, 5) is 26.9. The number of benzene rings is 2. The zero-order valence-corrected chi connectivity index (χ0v) is 18.8. The van der Waals surface area contributed by atoms with Gasteiger partial charge in [0.15, 0.2) is 0 Å². The number of likely N-dealkylation sites (N-methyl/N-ethyl adjacent to an activating group) is 1. The van der Waals surface area contributed by atoms with Gasteiger partial charge in [-0.2, -0.15) is 0 Å². The van der Waals surface area contributed by atoms with E-state index in [9.17, 15) is 9.59 Å². The van der Waals surface area contributed by atoms with Crippen LogP contribution in [0.25, 0.3) is 0 Å². The van der Waals surface area contributed by atoms with Crippen LogP contribution in [0.3, 0.4) is 0 Å². The van der Waals surface area contributed by atoms with Crippen molar-refractivity contribution in [3.05, 3.63) is 70.8 Å². The molecule has 0 amide bonds. The Labute approximate surface area is 191 Å². The van der Waals surface area contributed by atoms with E-state index in [0.717, 1.165) is 37.6 Å². The number of carbonyl (C=O) groups is 2. The maximum absolute atomic E-state index is 9.55. The fraction of sp³-hybridized carbons (Fsp3) is 0.304. The Morgan fingerprint density at radius 2 is 1.65 bits per heavy atom. The molecule has 31 heavy (non-hydrogen) atoms. The molecule has 2 aliphatic heterocycles. The van der Waals surface area contributed by atoms with Crippen molar-refractivity contribution in [3.8, 4) is 0 Å². The van der Waals surface area contributed by atoms with Gasteiger partial charge in [0.1, 0.15) is 0 Å². The van der Waals surface area contributed by atoms with E-state index in [2.05, 4.69) is 53.2 Å². The summed E-state index contributed by atoms with van der Waals surface area (Å²) in [6, 6.07) is 15.6. The number of hydrogen-bond donors (Lipinski definition) is 2. The van der Waals surface area contributed by atoms with Gasteiger partial charge in [0.05, 0.1) is 0 Å². The van der Waals surface area contributed by atoms with Crippen molar-refractivity contribution in [2.75, 3.05) is 33.2 Å². The Kier molecular flexibility index (Phi) is 8.15. The summed E-state index contributed by atoms with van der Waals surface area (Å²) in [6.07, 6.45) is 2.19. The summed E-state index contributed by atoms with van der Waals surface area (Å²) in [6.45, 7) is 4.53. The minimum Gasteiger partial charge on any atom is -0.478 e. The van der Waals surface area contributed by atoms with E-state index in [1.54, 1.807) is 0 Å². The van der Waals surface area contributed by atoms with Crippen molar-refractivity contribution >= 4 is 35.3 Å². The second-order valence-electron chi connectivity index (χ2n) is 7.46. The molecule has 0 bridgehead atoms. The van der Waals surface area contributed by atoms with Crippen molar-refractivity contribution < 1.29 is 19.8 Å². The predicted molar refractivity (Wildman–Crippen MR) is 122 cm³/mol. The lowest BCUT2D eigenvalue weighted by Gasteiger charge is -2.38. The Morgan fingerprint density at radius 3 is 2.29 bits per heavy atom. The third kappa shape index (κ3) is 6.58. The molecule has 2 aromatic carbocycles. The molecule has 6 nitrogen and oxygen atoms in total. The lowest BCUT2D eigenvalue weighted by atomic mass is 9.96. The lowest BCUT2D eigenvalue weighted by molar-refractivity contribution is -0.134. The maximum atomic E-state index is 9.55. The van der Waals surface area contributed by atoms with E-state index in [-0.39, 0.29) is 0 Å². The molecule has 0 saturated carbocycles. The molecular weight excluding hydrogens is 436 g/mol. The monoisotopic (exact) mass is 460 g/mol. The zero-order chi connectivity index (χ0) is 22.4. The highest BCUT2D eigenvalue weighted by atomic mass is 35.5. The number of fused-ring (bicyclic) bond motifs is 2. The highest BCUT2D eigenvalue weighted by molar-refractivity contribution is 7.99. The van der Waals surface area contributed by atoms with Gasteiger partial charge in [0, 0.05) is 59.2 Å². The molecule has 1 atom stereocenters. The number of aliphatic carboxylic acids is 2. The second kappa shape index (κ2) is 10.8. The smallest absolute Gasteiger partial charge is 0.328 e. The fourth-order valence-corrected chi connectivity index (χ4v) is 4.98. The van der Waals surface area contributed by atoms with Crippen LogP contribution in [0.1, 0.15) is 17.2 Å². The van der Waals surface area contributed by atoms with Crippen LogP contribution in [0.15, 0.2) is 64.4 Å². The van der Waals surface area contributed by atoms with Crippen molar-refractivity contribution in [1.29, 1.82) is 0 Å². The van der Waals surface area contributed by atoms with Crippen LogP contribution >= 0.6 is 23.4 Å². The number of carboxylic acid groups (broad SMARTS) is 2. The summed E-state index contributed by atoms with van der Waals surface area (Å²) in [5.41, 5.74) is 2.84. The van der Waals surface area contributed by atoms with Gasteiger partial charge in [-0.05, 0) is 48.9 Å². The first-order valence-electron chi connectivity index (χ1n) is 9.95. The topological polar surface area (TPSA) is 81.1 Å². The number of hydrogen-bond acceptors (Lipinski definition) is 5. The van der Waals surface area contributed by atoms with Crippen LogP contribution in [0.5, 0.6) is 0 Å². The number of piperazine rings is 1. The normalized spacial score (nSPS) is 19.0. The number of halogens is 1. The Hall–Kier alpha value is -2.32. The quantitative estimate of drug-likeness (QED) is 0.669. The van der Waals surface area contributed by atoms with E-state index in [0.29, 0.717) is 18.2 Å². The van der Waals surface area contributed by atoms with Crippen molar-refractivity contribution in [2.45, 2.75) is 22.3 Å². The van der Waals surface area contributed by atoms with Crippen molar-refractivity contribution in [3.63, 3.8) is 0 Å². The molecule has 8 heteroatoms. The minimum atomic E-state index is -1.26. The first kappa shape index (κ1) is 23.3. The van der Waals surface area contributed by atoms with E-state index in [4.69, 9.17) is 21.8 Å². The van der Waals surface area contributed by atoms with Gasteiger partial charge >= 0.3 is 11.9 Å². The molecule has 4 rings (SSSR count). The average Bonchev–Trinajstić information content (AvgIpc) is 2.90. The van der Waals surface area contributed by atoms with Crippen LogP contribution in [0.4, 0.5) is 0 Å². The third-order valence-electron chi connectivity index (χ3n) is 5.28. The van der Waals surface area contributed by atoms with Gasteiger partial charge in [-0.1, -0.05) is 41.6 Å². The molecule has 0 aromatic heterocycles. The van der Waals surface area contributed by atoms with Gasteiger partial charge in [0.25, 0.3) is 0 Å². The predicted octanol–water partition coefficient (Wildman–Crippen LogP) is 4.05. The van der Waals surface area contributed by atoms with Gasteiger partial charge < -0.3 is 15.1 Å². The first-order valence-corrected chi connectivity index (χ1v) is 11.1. The number of nitrogens with zero attached hydrogens (tertiary/aromatic N) is 2. The number of rotatable bonds is 3. The standard InChI is InChI=1S/C19H21ClN2S.C4H4O4/c1-21-8-10-22(11-9-21)17-12-14-4-2-3-5-18(14)23-19-7-6-15(20)13-16(17)19;5-3(6)1-2-4(7)8/h2-7,13,17H,8-12H2,1H3;1-2H,(H,5,6)(H,7,8)/b;2-1-/t17-;/m1./s1. The number of carboxylic acids is 2. The molecule has 1 saturated heterocycles. The summed E-state index contributed by atoms with van der Waals surface area (Å²) in [5, 5.41) is 16.5. The molecule has 1 fully saturated rings. The van der Waals surface area contributed by atoms with Gasteiger partial charge in [-0.25, -0.2) is 9.59 Å². The first-order chi connectivity index (χ1) is 14.8. The molecule has 2 N–H and O–H groups in total. The van der Waals surface area contributed by atoms with Crippen molar-refractivity contribution in [2.24, 2.45) is 0 Å². The zero-order valence-electron chi connectivity index (χ0n) is 17.2. The maximum Gasteiger partial charge on any atom is 0.328 e. The molecular formula is C23H25ClN2O4S. The molecule has 164 valence electrons. The molecule has 2 heterocycles. The van der Waals surface area contributed by atoms with E-state index in [1.807, 2.05) is 17.8 Å². The molecule has 0 aliphatic carbocycles. The van der Waals surface area contributed by atoms with Crippen LogP contribution in [0, 0.1) is 0 Å². The van der Waals surface area contributed by atoms with E-state index in [1.165, 1.54) is 20.9 Å². The van der Waals surface area contributed by atoms with Crippen molar-refractivity contribution in [1.82, 2.24) is 9.80 Å². The summed E-state index contributed by atoms with van der Waals surface area (Å²) >= 11 is 8.22. The second-order valence-corrected chi connectivity index (χ2v) is 8.98. The summed E-state index contributed by atoms with van der Waals surface area (Å²) < 4.78 is 0. The van der Waals surface area contributed by atoms with Crippen LogP contribution in [-0.4, -0.2) is 65.2 Å². The minimum absolute atomic E-state index is 0.425. The third-order valence-corrected chi connectivity index (χ3v) is 6.73. The summed E-state index contributed by atoms with van der Waals surface area (Å²) in [7, 11) is 2.21. The van der Waals surface area contributed by atoms with Gasteiger partial charge in [-0.15, -0.1) is 0 Å². The Morgan fingerprint density at radius 1 is 1.00 bits per heavy atom. The summed E-state index contributed by atoms with van der Waals surface area (Å²) in [5.74, 6) is -2.51. The fourth-order valence-electron chi connectivity index (χ4n) is 3.68. The Balaban J connectivity index is 0.000000293. The highest BCUT2D eigenvalue weighted by Gasteiger charge is 2.29. The van der Waals surface area contributed by atoms with Gasteiger partial charge in [-0.3, -0.25) is 4.90 Å². The SMILES string of the molecule is CN1CCN([C@@H]2Cc3ccccc3Sc3ccc(Cl)cc32)CC1.O=C(O)/C=C\C(=O)O. The van der Waals surface area contributed by atoms with Crippen LogP contribution < -0.4 is 0 Å². The van der Waals surface area contributed by atoms with E-state index < -0.39 is 11.9 Å². The average molecular weight is 461 g/mol. The molecule has 0 unspecified atom stereocenters. The van der Waals surface area contributed by atoms with Gasteiger partial charge in [0.2, 0.25) is 0 Å².